The fourth-order valence-corrected chi connectivity index (χ4v) is 2.80. The van der Waals surface area contributed by atoms with Crippen molar-refractivity contribution in [3.05, 3.63) is 11.5 Å². The molecular formula is C9H13N3O3. The standard InChI is InChI=1S/C9H13N3O3/c1-5-4-12(14)7-3-2-6-8(9(5,7)13)15-11-10-6/h5,7,13-14H,2-4H2,1H3. The average Bonchev–Trinajstić information content (AvgIpc) is 2.73. The van der Waals surface area contributed by atoms with Crippen molar-refractivity contribution in [2.24, 2.45) is 5.92 Å². The van der Waals surface area contributed by atoms with Crippen LogP contribution in [0, 0.1) is 5.92 Å². The second-order valence-corrected chi connectivity index (χ2v) is 4.45. The summed E-state index contributed by atoms with van der Waals surface area (Å²) in [6.45, 7) is 2.34. The highest BCUT2D eigenvalue weighted by molar-refractivity contribution is 5.25. The first kappa shape index (κ1) is 9.26. The Morgan fingerprint density at radius 1 is 1.60 bits per heavy atom. The van der Waals surface area contributed by atoms with Crippen molar-refractivity contribution in [3.63, 3.8) is 0 Å². The van der Waals surface area contributed by atoms with Crippen LogP contribution in [-0.4, -0.2) is 38.3 Å². The first-order valence-electron chi connectivity index (χ1n) is 5.13. The van der Waals surface area contributed by atoms with Crippen molar-refractivity contribution in [1.29, 1.82) is 0 Å². The van der Waals surface area contributed by atoms with E-state index in [1.165, 1.54) is 5.06 Å². The zero-order chi connectivity index (χ0) is 10.6. The maximum absolute atomic E-state index is 10.6. The van der Waals surface area contributed by atoms with Crippen LogP contribution in [0.1, 0.15) is 24.8 Å². The Bertz CT molecular complexity index is 394. The molecule has 15 heavy (non-hydrogen) atoms. The summed E-state index contributed by atoms with van der Waals surface area (Å²) < 4.78 is 5.04. The summed E-state index contributed by atoms with van der Waals surface area (Å²) in [7, 11) is 0. The molecule has 1 aromatic heterocycles. The van der Waals surface area contributed by atoms with E-state index >= 15 is 0 Å². The fourth-order valence-electron chi connectivity index (χ4n) is 2.80. The lowest BCUT2D eigenvalue weighted by atomic mass is 9.77. The van der Waals surface area contributed by atoms with E-state index in [4.69, 9.17) is 4.52 Å². The van der Waals surface area contributed by atoms with Crippen LogP contribution in [0.3, 0.4) is 0 Å². The van der Waals surface area contributed by atoms with Gasteiger partial charge in [0.05, 0.1) is 6.04 Å². The van der Waals surface area contributed by atoms with E-state index in [1.54, 1.807) is 0 Å². The Morgan fingerprint density at radius 2 is 2.40 bits per heavy atom. The Kier molecular flexibility index (Phi) is 1.72. The van der Waals surface area contributed by atoms with Gasteiger partial charge in [0.1, 0.15) is 11.3 Å². The largest absolute Gasteiger partial charge is 0.380 e. The lowest BCUT2D eigenvalue weighted by Gasteiger charge is -2.34. The van der Waals surface area contributed by atoms with Gasteiger partial charge in [0.2, 0.25) is 0 Å². The fraction of sp³-hybridized carbons (Fsp3) is 0.778. The average molecular weight is 211 g/mol. The van der Waals surface area contributed by atoms with Gasteiger partial charge in [-0.25, -0.2) is 0 Å². The summed E-state index contributed by atoms with van der Waals surface area (Å²) in [5, 5.41) is 28.9. The third kappa shape index (κ3) is 0.987. The number of hydrogen-bond donors (Lipinski definition) is 2. The predicted molar refractivity (Wildman–Crippen MR) is 48.0 cm³/mol. The third-order valence-electron chi connectivity index (χ3n) is 3.65. The van der Waals surface area contributed by atoms with E-state index in [9.17, 15) is 10.3 Å². The van der Waals surface area contributed by atoms with Gasteiger partial charge in [0.25, 0.3) is 0 Å². The van der Waals surface area contributed by atoms with Gasteiger partial charge in [-0.3, -0.25) is 0 Å². The van der Waals surface area contributed by atoms with Gasteiger partial charge in [0, 0.05) is 17.7 Å². The van der Waals surface area contributed by atoms with Gasteiger partial charge < -0.3 is 14.8 Å². The number of aryl methyl sites for hydroxylation is 1. The quantitative estimate of drug-likeness (QED) is 0.624. The van der Waals surface area contributed by atoms with Crippen molar-refractivity contribution in [2.75, 3.05) is 6.54 Å². The first-order valence-corrected chi connectivity index (χ1v) is 5.13. The van der Waals surface area contributed by atoms with Crippen LogP contribution >= 0.6 is 0 Å². The molecule has 1 aliphatic heterocycles. The highest BCUT2D eigenvalue weighted by Crippen LogP contribution is 2.46. The molecule has 1 aliphatic carbocycles. The van der Waals surface area contributed by atoms with Gasteiger partial charge in [-0.05, 0) is 12.8 Å². The van der Waals surface area contributed by atoms with Crippen molar-refractivity contribution < 1.29 is 14.8 Å². The van der Waals surface area contributed by atoms with Crippen molar-refractivity contribution in [2.45, 2.75) is 31.4 Å². The van der Waals surface area contributed by atoms with E-state index < -0.39 is 5.60 Å². The number of hydrogen-bond acceptors (Lipinski definition) is 6. The Hall–Kier alpha value is -0.980. The van der Waals surface area contributed by atoms with Crippen molar-refractivity contribution in [1.82, 2.24) is 15.4 Å². The molecular weight excluding hydrogens is 198 g/mol. The molecule has 1 aromatic rings. The maximum atomic E-state index is 10.6. The lowest BCUT2D eigenvalue weighted by molar-refractivity contribution is -0.149. The number of fused-ring (bicyclic) bond motifs is 3. The molecule has 1 fully saturated rings. The molecule has 2 aliphatic rings. The second kappa shape index (κ2) is 2.78. The zero-order valence-electron chi connectivity index (χ0n) is 8.42. The summed E-state index contributed by atoms with van der Waals surface area (Å²) in [4.78, 5) is 0. The summed E-state index contributed by atoms with van der Waals surface area (Å²) >= 11 is 0. The smallest absolute Gasteiger partial charge is 0.193 e. The molecule has 3 rings (SSSR count). The van der Waals surface area contributed by atoms with Gasteiger partial charge in [-0.1, -0.05) is 6.92 Å². The van der Waals surface area contributed by atoms with Crippen molar-refractivity contribution >= 4 is 0 Å². The molecule has 6 heteroatoms. The minimum atomic E-state index is -1.13. The van der Waals surface area contributed by atoms with E-state index in [-0.39, 0.29) is 12.0 Å². The van der Waals surface area contributed by atoms with Crippen LogP contribution < -0.4 is 0 Å². The van der Waals surface area contributed by atoms with E-state index in [0.29, 0.717) is 25.1 Å². The number of nitrogens with zero attached hydrogens (tertiary/aromatic N) is 3. The highest BCUT2D eigenvalue weighted by Gasteiger charge is 2.57. The SMILES string of the molecule is CC1CN(O)C2CCc3nnoc3C12O. The molecule has 3 unspecified atom stereocenters. The monoisotopic (exact) mass is 211 g/mol. The van der Waals surface area contributed by atoms with Crippen molar-refractivity contribution in [3.8, 4) is 0 Å². The van der Waals surface area contributed by atoms with E-state index in [1.807, 2.05) is 6.92 Å². The molecule has 0 saturated carbocycles. The summed E-state index contributed by atoms with van der Waals surface area (Å²) in [5.74, 6) is 0.351. The molecule has 0 spiro atoms. The molecule has 1 saturated heterocycles. The van der Waals surface area contributed by atoms with E-state index in [0.717, 1.165) is 5.69 Å². The summed E-state index contributed by atoms with van der Waals surface area (Å²) in [6, 6.07) is -0.297. The molecule has 6 nitrogen and oxygen atoms in total. The second-order valence-electron chi connectivity index (χ2n) is 4.45. The molecule has 2 N–H and O–H groups in total. The molecule has 0 amide bonds. The minimum Gasteiger partial charge on any atom is -0.380 e. The molecule has 2 heterocycles. The van der Waals surface area contributed by atoms with Crippen LogP contribution in [-0.2, 0) is 12.0 Å². The minimum absolute atomic E-state index is 0.0821. The molecule has 82 valence electrons. The van der Waals surface area contributed by atoms with Gasteiger partial charge in [-0.15, -0.1) is 5.10 Å². The van der Waals surface area contributed by atoms with Crippen LogP contribution in [0.4, 0.5) is 0 Å². The number of aromatic nitrogens is 2. The first-order chi connectivity index (χ1) is 7.14. The van der Waals surface area contributed by atoms with Crippen LogP contribution in [0.15, 0.2) is 4.52 Å². The highest BCUT2D eigenvalue weighted by atomic mass is 16.5. The van der Waals surface area contributed by atoms with Crippen LogP contribution in [0.25, 0.3) is 0 Å². The van der Waals surface area contributed by atoms with Gasteiger partial charge in [0.15, 0.2) is 5.76 Å². The molecule has 0 bridgehead atoms. The molecule has 0 aromatic carbocycles. The van der Waals surface area contributed by atoms with E-state index in [2.05, 4.69) is 10.4 Å². The third-order valence-corrected chi connectivity index (χ3v) is 3.65. The Balaban J connectivity index is 2.14. The molecule has 0 radical (unpaired) electrons. The molecule has 3 atom stereocenters. The Morgan fingerprint density at radius 3 is 3.20 bits per heavy atom. The van der Waals surface area contributed by atoms with Gasteiger partial charge in [-0.2, -0.15) is 5.06 Å². The summed E-state index contributed by atoms with van der Waals surface area (Å²) in [5.41, 5.74) is -0.415. The maximum Gasteiger partial charge on any atom is 0.193 e. The Labute approximate surface area is 86.4 Å². The van der Waals surface area contributed by atoms with Crippen LogP contribution in [0.5, 0.6) is 0 Å². The lowest BCUT2D eigenvalue weighted by Crippen LogP contribution is -2.46. The zero-order valence-corrected chi connectivity index (χ0v) is 8.42. The predicted octanol–water partition coefficient (Wildman–Crippen LogP) is -0.0871. The van der Waals surface area contributed by atoms with Crippen LogP contribution in [0.2, 0.25) is 0 Å². The number of rotatable bonds is 0. The normalized spacial score (nSPS) is 40.2. The summed E-state index contributed by atoms with van der Waals surface area (Å²) in [6.07, 6.45) is 1.37. The topological polar surface area (TPSA) is 82.6 Å². The van der Waals surface area contributed by atoms with Gasteiger partial charge >= 0.3 is 0 Å². The number of hydroxylamine groups is 2. The number of aliphatic hydroxyl groups is 1.